The van der Waals surface area contributed by atoms with Gasteiger partial charge in [-0.2, -0.15) is 0 Å². The van der Waals surface area contributed by atoms with Crippen molar-refractivity contribution >= 4 is 24.4 Å². The Morgan fingerprint density at radius 2 is 1.75 bits per heavy atom. The maximum absolute atomic E-state index is 11.6. The van der Waals surface area contributed by atoms with E-state index in [1.165, 1.54) is 12.1 Å². The highest BCUT2D eigenvalue weighted by atomic mass is 16.5. The monoisotopic (exact) mass is 273 g/mol. The molecule has 6 heteroatoms. The summed E-state index contributed by atoms with van der Waals surface area (Å²) in [5, 5.41) is 20.5. The van der Waals surface area contributed by atoms with Gasteiger partial charge in [-0.25, -0.2) is 4.79 Å². The Morgan fingerprint density at radius 3 is 2.35 bits per heavy atom. The third-order valence-electron chi connectivity index (χ3n) is 2.67. The van der Waals surface area contributed by atoms with E-state index in [4.69, 9.17) is 14.8 Å². The quantitative estimate of drug-likeness (QED) is 0.735. The summed E-state index contributed by atoms with van der Waals surface area (Å²) in [6, 6.07) is 15.5. The van der Waals surface area contributed by atoms with Gasteiger partial charge in [-0.1, -0.05) is 42.5 Å². The molecular formula is C14H16BNO4. The zero-order valence-electron chi connectivity index (χ0n) is 10.7. The third-order valence-corrected chi connectivity index (χ3v) is 2.67. The van der Waals surface area contributed by atoms with Crippen LogP contribution in [0.4, 0.5) is 10.5 Å². The number of carbonyl (C=O) groups excluding carboxylic acids is 1. The number of rotatable bonds is 4. The number of hydrogen-bond acceptors (Lipinski definition) is 4. The van der Waals surface area contributed by atoms with Gasteiger partial charge in [0, 0.05) is 7.11 Å². The Morgan fingerprint density at radius 1 is 1.10 bits per heavy atom. The molecule has 0 bridgehead atoms. The first kappa shape index (κ1) is 14.1. The lowest BCUT2D eigenvalue weighted by Gasteiger charge is -2.07. The summed E-state index contributed by atoms with van der Waals surface area (Å²) in [7, 11) is -1.52. The van der Waals surface area contributed by atoms with Gasteiger partial charge in [-0.15, -0.1) is 0 Å². The molecule has 0 spiro atoms. The molecule has 104 valence electrons. The summed E-state index contributed by atoms with van der Waals surface area (Å²) in [5.74, 6) is 0. The molecule has 2 aromatic rings. The van der Waals surface area contributed by atoms with Gasteiger partial charge >= 0.3 is 13.2 Å². The second kappa shape index (κ2) is 6.74. The van der Waals surface area contributed by atoms with Crippen LogP contribution in [0.25, 0.3) is 0 Å². The molecule has 0 aliphatic heterocycles. The molecule has 0 fully saturated rings. The molecular weight excluding hydrogens is 257 g/mol. The Hall–Kier alpha value is -2.31. The molecule has 2 rings (SSSR count). The fourth-order valence-corrected chi connectivity index (χ4v) is 1.62. The molecule has 0 saturated heterocycles. The van der Waals surface area contributed by atoms with Crippen LogP contribution in [-0.4, -0.2) is 23.3 Å². The van der Waals surface area contributed by atoms with Crippen LogP contribution in [0, 0.1) is 0 Å². The smallest absolute Gasteiger partial charge is 0.444 e. The zero-order valence-corrected chi connectivity index (χ0v) is 10.7. The van der Waals surface area contributed by atoms with E-state index in [9.17, 15) is 4.79 Å². The molecule has 0 heterocycles. The van der Waals surface area contributed by atoms with Crippen LogP contribution < -0.4 is 10.8 Å². The molecule has 0 unspecified atom stereocenters. The zero-order chi connectivity index (χ0) is 14.4. The third kappa shape index (κ3) is 4.12. The first-order valence-electron chi connectivity index (χ1n) is 6.09. The number of ether oxygens (including phenoxy) is 1. The maximum atomic E-state index is 11.6. The molecule has 0 aliphatic rings. The molecule has 3 N–H and O–H groups in total. The predicted molar refractivity (Wildman–Crippen MR) is 78.6 cm³/mol. The molecule has 0 aromatic heterocycles. The Balaban J connectivity index is 0.00000220. The van der Waals surface area contributed by atoms with Gasteiger partial charge in [0.2, 0.25) is 0 Å². The lowest BCUT2D eigenvalue weighted by atomic mass is 9.80. The summed E-state index contributed by atoms with van der Waals surface area (Å²) < 4.78 is 5.06. The van der Waals surface area contributed by atoms with Crippen molar-refractivity contribution in [1.29, 1.82) is 0 Å². The van der Waals surface area contributed by atoms with Gasteiger partial charge < -0.3 is 14.8 Å². The fraction of sp³-hybridized carbons (Fsp3) is 0.0714. The molecule has 20 heavy (non-hydrogen) atoms. The summed E-state index contributed by atoms with van der Waals surface area (Å²) in [4.78, 5) is 11.6. The van der Waals surface area contributed by atoms with E-state index in [1.807, 2.05) is 30.3 Å². The molecule has 1 amide bonds. The average molecular weight is 273 g/mol. The van der Waals surface area contributed by atoms with E-state index in [1.54, 1.807) is 12.1 Å². The van der Waals surface area contributed by atoms with E-state index in [-0.39, 0.29) is 8.03 Å². The van der Waals surface area contributed by atoms with E-state index < -0.39 is 13.2 Å². The van der Waals surface area contributed by atoms with Crippen molar-refractivity contribution in [3.63, 3.8) is 0 Å². The number of anilines is 1. The van der Waals surface area contributed by atoms with E-state index >= 15 is 0 Å². The van der Waals surface area contributed by atoms with Gasteiger partial charge in [-0.05, 0) is 23.2 Å². The van der Waals surface area contributed by atoms with Crippen molar-refractivity contribution in [2.24, 2.45) is 0 Å². The van der Waals surface area contributed by atoms with Crippen LogP contribution in [0.15, 0.2) is 54.6 Å². The summed E-state index contributed by atoms with van der Waals surface area (Å²) in [6.45, 7) is 0.195. The normalized spacial score (nSPS) is 9.90. The lowest BCUT2D eigenvalue weighted by molar-refractivity contribution is 0.155. The number of carbonyl (C=O) groups is 1. The van der Waals surface area contributed by atoms with Gasteiger partial charge in [0.05, 0.1) is 0 Å². The van der Waals surface area contributed by atoms with Crippen molar-refractivity contribution in [3.8, 4) is 0 Å². The first-order valence-corrected chi connectivity index (χ1v) is 6.09. The van der Waals surface area contributed by atoms with E-state index in [2.05, 4.69) is 5.32 Å². The van der Waals surface area contributed by atoms with Crippen LogP contribution in [0.2, 0.25) is 0 Å². The minimum Gasteiger partial charge on any atom is -0.444 e. The minimum atomic E-state index is -1.52. The molecule has 0 saturated carbocycles. The molecule has 5 nitrogen and oxygen atoms in total. The molecule has 2 aromatic carbocycles. The highest BCUT2D eigenvalue weighted by Crippen LogP contribution is 2.06. The molecule has 0 radical (unpaired) electrons. The molecule has 0 atom stereocenters. The topological polar surface area (TPSA) is 78.8 Å². The maximum Gasteiger partial charge on any atom is 0.488 e. The summed E-state index contributed by atoms with van der Waals surface area (Å²) >= 11 is 0. The van der Waals surface area contributed by atoms with Crippen molar-refractivity contribution < 1.29 is 21.0 Å². The minimum absolute atomic E-state index is 0. The number of benzene rings is 2. The first-order chi connectivity index (χ1) is 9.65. The fourth-order valence-electron chi connectivity index (χ4n) is 1.62. The Bertz CT molecular complexity index is 563. The Labute approximate surface area is 118 Å². The lowest BCUT2D eigenvalue weighted by Crippen LogP contribution is -2.29. The number of nitrogens with one attached hydrogen (secondary N) is 1. The highest BCUT2D eigenvalue weighted by Gasteiger charge is 2.10. The predicted octanol–water partition coefficient (Wildman–Crippen LogP) is 1.36. The van der Waals surface area contributed by atoms with Crippen LogP contribution in [-0.2, 0) is 11.3 Å². The van der Waals surface area contributed by atoms with Crippen molar-refractivity contribution in [1.82, 2.24) is 0 Å². The summed E-state index contributed by atoms with van der Waals surface area (Å²) in [5.41, 5.74) is 1.78. The number of amides is 1. The van der Waals surface area contributed by atoms with Crippen LogP contribution in [0.1, 0.15) is 6.99 Å². The second-order valence-corrected chi connectivity index (χ2v) is 4.18. The van der Waals surface area contributed by atoms with Gasteiger partial charge in [-0.3, -0.25) is 5.32 Å². The van der Waals surface area contributed by atoms with Crippen LogP contribution in [0.3, 0.4) is 0 Å². The van der Waals surface area contributed by atoms with Gasteiger partial charge in [0.25, 0.3) is 0 Å². The van der Waals surface area contributed by atoms with Crippen molar-refractivity contribution in [3.05, 3.63) is 60.2 Å². The Kier molecular flexibility index (Phi) is 4.76. The summed E-state index contributed by atoms with van der Waals surface area (Å²) in [6.07, 6.45) is -0.564. The van der Waals surface area contributed by atoms with E-state index in [0.29, 0.717) is 11.2 Å². The van der Waals surface area contributed by atoms with E-state index in [0.717, 1.165) is 5.56 Å². The standard InChI is InChI=1S/C14H14BNO4.H2/c17-14(20-10-11-4-2-1-3-5-11)16-13-8-6-12(7-9-13)15(18)19;/h1-9,18-19H,10H2,(H,16,17);1H. The van der Waals surface area contributed by atoms with Crippen molar-refractivity contribution in [2.75, 3.05) is 5.32 Å². The largest absolute Gasteiger partial charge is 0.488 e. The molecule has 0 aliphatic carbocycles. The van der Waals surface area contributed by atoms with Crippen molar-refractivity contribution in [2.45, 2.75) is 6.61 Å². The average Bonchev–Trinajstić information content (AvgIpc) is 2.47. The van der Waals surface area contributed by atoms with Gasteiger partial charge in [0.1, 0.15) is 6.61 Å². The second-order valence-electron chi connectivity index (χ2n) is 4.18. The van der Waals surface area contributed by atoms with Gasteiger partial charge in [0.15, 0.2) is 0 Å². The SMILES string of the molecule is O=C(Nc1ccc(B(O)O)cc1)OCc1ccccc1.[HH]. The van der Waals surface area contributed by atoms with Crippen LogP contribution >= 0.6 is 0 Å². The number of hydrogen-bond donors (Lipinski definition) is 3. The van der Waals surface area contributed by atoms with Crippen LogP contribution in [0.5, 0.6) is 0 Å². The highest BCUT2D eigenvalue weighted by molar-refractivity contribution is 6.58.